The lowest BCUT2D eigenvalue weighted by molar-refractivity contribution is -0.115. The van der Waals surface area contributed by atoms with Crippen LogP contribution in [0.15, 0.2) is 65.6 Å². The lowest BCUT2D eigenvalue weighted by atomic mass is 10.1. The molecule has 0 fully saturated rings. The first-order valence-electron chi connectivity index (χ1n) is 10.9. The van der Waals surface area contributed by atoms with E-state index >= 15 is 0 Å². The van der Waals surface area contributed by atoms with Gasteiger partial charge in [0.1, 0.15) is 11.5 Å². The van der Waals surface area contributed by atoms with Crippen LogP contribution in [0.2, 0.25) is 5.02 Å². The van der Waals surface area contributed by atoms with Crippen molar-refractivity contribution in [2.75, 3.05) is 30.2 Å². The fraction of sp³-hybridized carbons (Fsp3) is 0.192. The largest absolute Gasteiger partial charge is 0.495 e. The second kappa shape index (κ2) is 12.6. The molecule has 3 aromatic rings. The normalized spacial score (nSPS) is 11.2. The molecule has 0 aliphatic rings. The molecule has 0 bridgehead atoms. The minimum absolute atomic E-state index is 0.00594. The van der Waals surface area contributed by atoms with Crippen LogP contribution in [-0.4, -0.2) is 36.3 Å². The summed E-state index contributed by atoms with van der Waals surface area (Å²) < 4.78 is 10.6. The molecule has 10 heteroatoms. The molecule has 3 aromatic carbocycles. The molecule has 0 saturated heterocycles. The van der Waals surface area contributed by atoms with Crippen molar-refractivity contribution < 1.29 is 19.1 Å². The summed E-state index contributed by atoms with van der Waals surface area (Å²) in [5.41, 5.74) is 2.64. The average Bonchev–Trinajstić information content (AvgIpc) is 2.84. The molecule has 0 radical (unpaired) electrons. The zero-order valence-corrected chi connectivity index (χ0v) is 22.6. The monoisotopic (exact) mass is 543 g/mol. The van der Waals surface area contributed by atoms with Crippen LogP contribution in [0, 0.1) is 0 Å². The molecule has 7 nitrogen and oxygen atoms in total. The molecule has 1 amide bonds. The maximum atomic E-state index is 12.9. The second-order valence-electron chi connectivity index (χ2n) is 7.68. The Morgan fingerprint density at radius 3 is 2.22 bits per heavy atom. The summed E-state index contributed by atoms with van der Waals surface area (Å²) in [7, 11) is 3.02. The van der Waals surface area contributed by atoms with Crippen LogP contribution in [-0.2, 0) is 4.79 Å². The van der Waals surface area contributed by atoms with Crippen LogP contribution >= 0.6 is 35.6 Å². The van der Waals surface area contributed by atoms with Gasteiger partial charge >= 0.3 is 0 Å². The summed E-state index contributed by atoms with van der Waals surface area (Å²) in [6, 6.07) is 17.9. The molecule has 0 saturated carbocycles. The number of methoxy groups -OCH3 is 2. The predicted octanol–water partition coefficient (Wildman–Crippen LogP) is 6.49. The standard InChI is InChI=1S/C26H26ClN3O4S2/c1-15(31)17-8-10-18(11-9-17)28-26(35)29-19-6-5-7-20(12-19)36-16(2)25(32)30-22-13-21(27)23(33-3)14-24(22)34-4/h5-14,16H,1-4H3,(H,30,32)(H2,28,29,35). The predicted molar refractivity (Wildman–Crippen MR) is 151 cm³/mol. The number of hydrogen-bond acceptors (Lipinski definition) is 6. The quantitative estimate of drug-likeness (QED) is 0.160. The van der Waals surface area contributed by atoms with E-state index in [9.17, 15) is 9.59 Å². The minimum atomic E-state index is -0.407. The van der Waals surface area contributed by atoms with Gasteiger partial charge in [-0.1, -0.05) is 17.7 Å². The molecule has 1 atom stereocenters. The average molecular weight is 544 g/mol. The number of carbonyl (C=O) groups is 2. The van der Waals surface area contributed by atoms with Crippen LogP contribution in [0.5, 0.6) is 11.5 Å². The highest BCUT2D eigenvalue weighted by Gasteiger charge is 2.18. The van der Waals surface area contributed by atoms with E-state index < -0.39 is 5.25 Å². The van der Waals surface area contributed by atoms with Gasteiger partial charge in [-0.3, -0.25) is 9.59 Å². The Bertz CT molecular complexity index is 1270. The number of rotatable bonds is 9. The Kier molecular flexibility index (Phi) is 9.58. The smallest absolute Gasteiger partial charge is 0.237 e. The number of thioether (sulfide) groups is 1. The third-order valence-corrected chi connectivity index (χ3v) is 6.65. The van der Waals surface area contributed by atoms with Gasteiger partial charge in [0.2, 0.25) is 5.91 Å². The first-order valence-corrected chi connectivity index (χ1v) is 12.5. The summed E-state index contributed by atoms with van der Waals surface area (Å²) in [5, 5.41) is 9.46. The summed E-state index contributed by atoms with van der Waals surface area (Å²) in [6.45, 7) is 3.34. The van der Waals surface area contributed by atoms with E-state index in [1.165, 1.54) is 32.9 Å². The van der Waals surface area contributed by atoms with Gasteiger partial charge in [0.05, 0.1) is 30.2 Å². The van der Waals surface area contributed by atoms with Gasteiger partial charge in [-0.15, -0.1) is 11.8 Å². The fourth-order valence-corrected chi connectivity index (χ4v) is 4.58. The molecule has 3 N–H and O–H groups in total. The van der Waals surface area contributed by atoms with E-state index in [0.29, 0.717) is 32.9 Å². The maximum Gasteiger partial charge on any atom is 0.237 e. The van der Waals surface area contributed by atoms with Crippen molar-refractivity contribution in [2.45, 2.75) is 24.0 Å². The molecule has 0 aliphatic heterocycles. The number of nitrogens with one attached hydrogen (secondary N) is 3. The van der Waals surface area contributed by atoms with Crippen molar-refractivity contribution in [3.8, 4) is 11.5 Å². The highest BCUT2D eigenvalue weighted by atomic mass is 35.5. The van der Waals surface area contributed by atoms with Gasteiger partial charge < -0.3 is 25.4 Å². The van der Waals surface area contributed by atoms with Gasteiger partial charge in [0.25, 0.3) is 0 Å². The van der Waals surface area contributed by atoms with E-state index in [-0.39, 0.29) is 11.7 Å². The molecule has 0 spiro atoms. The molecule has 0 aromatic heterocycles. The number of anilines is 3. The van der Waals surface area contributed by atoms with Crippen LogP contribution in [0.1, 0.15) is 24.2 Å². The van der Waals surface area contributed by atoms with Gasteiger partial charge in [0, 0.05) is 27.9 Å². The number of hydrogen-bond donors (Lipinski definition) is 3. The van der Waals surface area contributed by atoms with Crippen LogP contribution in [0.4, 0.5) is 17.1 Å². The number of Topliss-reactive ketones (excluding diaryl/α,β-unsaturated/α-hetero) is 1. The number of thiocarbonyl (C=S) groups is 1. The lowest BCUT2D eigenvalue weighted by Crippen LogP contribution is -2.22. The van der Waals surface area contributed by atoms with Gasteiger partial charge in [0.15, 0.2) is 10.9 Å². The topological polar surface area (TPSA) is 88.7 Å². The third kappa shape index (κ3) is 7.36. The van der Waals surface area contributed by atoms with Crippen molar-refractivity contribution in [3.63, 3.8) is 0 Å². The van der Waals surface area contributed by atoms with Crippen LogP contribution in [0.3, 0.4) is 0 Å². The second-order valence-corrected chi connectivity index (χ2v) is 9.91. The highest BCUT2D eigenvalue weighted by molar-refractivity contribution is 8.00. The van der Waals surface area contributed by atoms with Crippen molar-refractivity contribution in [1.29, 1.82) is 0 Å². The number of halogens is 1. The fourth-order valence-electron chi connectivity index (χ4n) is 3.18. The molecule has 1 unspecified atom stereocenters. The Morgan fingerprint density at radius 1 is 0.917 bits per heavy atom. The Hall–Kier alpha value is -3.27. The van der Waals surface area contributed by atoms with E-state index in [4.69, 9.17) is 33.3 Å². The molecule has 0 aliphatic carbocycles. The highest BCUT2D eigenvalue weighted by Crippen LogP contribution is 2.36. The summed E-state index contributed by atoms with van der Waals surface area (Å²) in [6.07, 6.45) is 0. The third-order valence-electron chi connectivity index (χ3n) is 5.06. The number of benzene rings is 3. The van der Waals surface area contributed by atoms with E-state index in [1.807, 2.05) is 31.2 Å². The molecule has 3 rings (SSSR count). The first kappa shape index (κ1) is 27.3. The SMILES string of the molecule is COc1cc(OC)c(NC(=O)C(C)Sc2cccc(NC(=S)Nc3ccc(C(C)=O)cc3)c2)cc1Cl. The first-order chi connectivity index (χ1) is 17.2. The lowest BCUT2D eigenvalue weighted by Gasteiger charge is -2.16. The number of carbonyl (C=O) groups excluding carboxylic acids is 2. The Morgan fingerprint density at radius 2 is 1.58 bits per heavy atom. The van der Waals surface area contributed by atoms with E-state index in [1.54, 1.807) is 36.4 Å². The minimum Gasteiger partial charge on any atom is -0.495 e. The summed E-state index contributed by atoms with van der Waals surface area (Å²) in [5.74, 6) is 0.708. The van der Waals surface area contributed by atoms with Crippen molar-refractivity contribution in [2.24, 2.45) is 0 Å². The van der Waals surface area contributed by atoms with E-state index in [2.05, 4.69) is 16.0 Å². The number of ketones is 1. The molecule has 36 heavy (non-hydrogen) atoms. The molecular weight excluding hydrogens is 518 g/mol. The van der Waals surface area contributed by atoms with Crippen LogP contribution < -0.4 is 25.4 Å². The molecule has 188 valence electrons. The zero-order valence-electron chi connectivity index (χ0n) is 20.2. The summed E-state index contributed by atoms with van der Waals surface area (Å²) in [4.78, 5) is 25.2. The maximum absolute atomic E-state index is 12.9. The molecule has 0 heterocycles. The van der Waals surface area contributed by atoms with Crippen molar-refractivity contribution in [3.05, 3.63) is 71.2 Å². The Balaban J connectivity index is 1.61. The van der Waals surface area contributed by atoms with Gasteiger partial charge in [-0.2, -0.15) is 0 Å². The van der Waals surface area contributed by atoms with Crippen LogP contribution in [0.25, 0.3) is 0 Å². The van der Waals surface area contributed by atoms with Crippen molar-refractivity contribution in [1.82, 2.24) is 0 Å². The zero-order chi connectivity index (χ0) is 26.2. The van der Waals surface area contributed by atoms with Crippen molar-refractivity contribution >= 4 is 69.4 Å². The number of ether oxygens (including phenoxy) is 2. The Labute approximate surface area is 224 Å². The van der Waals surface area contributed by atoms with Gasteiger partial charge in [-0.25, -0.2) is 0 Å². The summed E-state index contributed by atoms with van der Waals surface area (Å²) >= 11 is 13.0. The van der Waals surface area contributed by atoms with Gasteiger partial charge in [-0.05, 0) is 74.6 Å². The number of amides is 1. The van der Waals surface area contributed by atoms with E-state index in [0.717, 1.165) is 16.3 Å². The molecular formula is C26H26ClN3O4S2.